The minimum Gasteiger partial charge on any atom is -0.392 e. The number of hydrogen-bond donors (Lipinski definition) is 1. The van der Waals surface area contributed by atoms with Gasteiger partial charge in [-0.25, -0.2) is 0 Å². The molecule has 0 aromatic heterocycles. The van der Waals surface area contributed by atoms with Crippen molar-refractivity contribution in [2.45, 2.75) is 6.61 Å². The largest absolute Gasteiger partial charge is 0.392 e. The molecular formula is C14H15OY-. The second kappa shape index (κ2) is 7.72. The Bertz CT molecular complexity index is 412. The number of aliphatic hydroxyl groups excluding tert-OH is 1. The Kier molecular flexibility index (Phi) is 7.49. The van der Waals surface area contributed by atoms with Crippen molar-refractivity contribution >= 4 is 0 Å². The van der Waals surface area contributed by atoms with Gasteiger partial charge < -0.3 is 12.5 Å². The molecule has 0 unspecified atom stereocenters. The summed E-state index contributed by atoms with van der Waals surface area (Å²) in [6.45, 7) is 0.0884. The molecule has 0 amide bonds. The minimum absolute atomic E-state index is 0. The van der Waals surface area contributed by atoms with Crippen LogP contribution in [0.3, 0.4) is 0 Å². The second-order valence-electron chi connectivity index (χ2n) is 3.18. The van der Waals surface area contributed by atoms with Crippen molar-refractivity contribution in [2.75, 3.05) is 0 Å². The quantitative estimate of drug-likeness (QED) is 0.841. The van der Waals surface area contributed by atoms with Gasteiger partial charge in [-0.2, -0.15) is 0 Å². The van der Waals surface area contributed by atoms with Gasteiger partial charge in [-0.3, -0.25) is 0 Å². The molecular weight excluding hydrogens is 273 g/mol. The SMILES string of the molecule is OCc1ccccc1-c1ccccc1.[CH3-].[Y]. The van der Waals surface area contributed by atoms with Crippen LogP contribution in [0, 0.1) is 7.43 Å². The maximum Gasteiger partial charge on any atom is 0.0687 e. The predicted octanol–water partition coefficient (Wildman–Crippen LogP) is 3.29. The molecule has 2 rings (SSSR count). The fourth-order valence-corrected chi connectivity index (χ4v) is 1.56. The van der Waals surface area contributed by atoms with E-state index in [4.69, 9.17) is 0 Å². The first-order chi connectivity index (χ1) is 6.92. The Morgan fingerprint density at radius 2 is 1.38 bits per heavy atom. The van der Waals surface area contributed by atoms with Gasteiger partial charge in [0.2, 0.25) is 0 Å². The smallest absolute Gasteiger partial charge is 0.0687 e. The van der Waals surface area contributed by atoms with Gasteiger partial charge in [-0.05, 0) is 16.7 Å². The summed E-state index contributed by atoms with van der Waals surface area (Å²) in [5, 5.41) is 9.18. The number of aliphatic hydroxyl groups is 1. The van der Waals surface area contributed by atoms with Crippen LogP contribution in [0.15, 0.2) is 54.6 Å². The number of hydrogen-bond acceptors (Lipinski definition) is 1. The van der Waals surface area contributed by atoms with Gasteiger partial charge in [0, 0.05) is 32.7 Å². The third-order valence-corrected chi connectivity index (χ3v) is 2.27. The minimum atomic E-state index is 0. The van der Waals surface area contributed by atoms with Gasteiger partial charge >= 0.3 is 0 Å². The van der Waals surface area contributed by atoms with Crippen molar-refractivity contribution in [3.05, 3.63) is 67.6 Å². The van der Waals surface area contributed by atoms with E-state index in [2.05, 4.69) is 12.1 Å². The van der Waals surface area contributed by atoms with Gasteiger partial charge in [0.15, 0.2) is 0 Å². The third-order valence-electron chi connectivity index (χ3n) is 2.27. The average Bonchev–Trinajstić information content (AvgIpc) is 2.30. The molecule has 0 aliphatic rings. The van der Waals surface area contributed by atoms with Crippen LogP contribution >= 0.6 is 0 Å². The van der Waals surface area contributed by atoms with Crippen LogP contribution in [-0.4, -0.2) is 5.11 Å². The van der Waals surface area contributed by atoms with Gasteiger partial charge in [0.25, 0.3) is 0 Å². The molecule has 0 aliphatic heterocycles. The summed E-state index contributed by atoms with van der Waals surface area (Å²) >= 11 is 0. The molecule has 0 spiro atoms. The van der Waals surface area contributed by atoms with Crippen molar-refractivity contribution in [1.29, 1.82) is 0 Å². The summed E-state index contributed by atoms with van der Waals surface area (Å²) < 4.78 is 0. The summed E-state index contributed by atoms with van der Waals surface area (Å²) in [6.07, 6.45) is 0. The Balaban J connectivity index is 0.00000112. The molecule has 0 aliphatic carbocycles. The Morgan fingerprint density at radius 1 is 0.812 bits per heavy atom. The van der Waals surface area contributed by atoms with E-state index in [1.807, 2.05) is 42.5 Å². The molecule has 1 N–H and O–H groups in total. The van der Waals surface area contributed by atoms with Gasteiger partial charge in [-0.15, -0.1) is 0 Å². The van der Waals surface area contributed by atoms with Crippen molar-refractivity contribution in [3.8, 4) is 11.1 Å². The van der Waals surface area contributed by atoms with Crippen molar-refractivity contribution in [2.24, 2.45) is 0 Å². The maximum absolute atomic E-state index is 9.18. The van der Waals surface area contributed by atoms with E-state index in [0.717, 1.165) is 16.7 Å². The van der Waals surface area contributed by atoms with E-state index in [9.17, 15) is 5.11 Å². The van der Waals surface area contributed by atoms with Crippen molar-refractivity contribution < 1.29 is 37.8 Å². The summed E-state index contributed by atoms with van der Waals surface area (Å²) in [6, 6.07) is 18.0. The van der Waals surface area contributed by atoms with E-state index >= 15 is 0 Å². The van der Waals surface area contributed by atoms with Crippen LogP contribution in [0.5, 0.6) is 0 Å². The zero-order valence-electron chi connectivity index (χ0n) is 9.43. The molecule has 0 heterocycles. The zero-order valence-corrected chi connectivity index (χ0v) is 12.3. The monoisotopic (exact) mass is 288 g/mol. The summed E-state index contributed by atoms with van der Waals surface area (Å²) in [7, 11) is 0. The molecule has 2 aromatic carbocycles. The van der Waals surface area contributed by atoms with Crippen LogP contribution in [0.1, 0.15) is 5.56 Å². The molecule has 0 bridgehead atoms. The molecule has 16 heavy (non-hydrogen) atoms. The molecule has 81 valence electrons. The third kappa shape index (κ3) is 3.52. The van der Waals surface area contributed by atoms with E-state index < -0.39 is 0 Å². The topological polar surface area (TPSA) is 20.2 Å². The van der Waals surface area contributed by atoms with Gasteiger partial charge in [0.1, 0.15) is 0 Å². The van der Waals surface area contributed by atoms with Gasteiger partial charge in [0.05, 0.1) is 6.61 Å². The van der Waals surface area contributed by atoms with Crippen molar-refractivity contribution in [3.63, 3.8) is 0 Å². The molecule has 2 aromatic rings. The summed E-state index contributed by atoms with van der Waals surface area (Å²) in [5.41, 5.74) is 3.23. The second-order valence-corrected chi connectivity index (χ2v) is 3.18. The van der Waals surface area contributed by atoms with Crippen molar-refractivity contribution in [1.82, 2.24) is 0 Å². The number of rotatable bonds is 2. The number of benzene rings is 2. The Hall–Kier alpha value is -0.496. The van der Waals surface area contributed by atoms with Gasteiger partial charge in [-0.1, -0.05) is 54.6 Å². The summed E-state index contributed by atoms with van der Waals surface area (Å²) in [4.78, 5) is 0. The fourth-order valence-electron chi connectivity index (χ4n) is 1.56. The normalized spacial score (nSPS) is 8.81. The molecule has 0 saturated heterocycles. The molecule has 0 saturated carbocycles. The van der Waals surface area contributed by atoms with E-state index in [-0.39, 0.29) is 46.7 Å². The Morgan fingerprint density at radius 3 is 2.00 bits per heavy atom. The first-order valence-corrected chi connectivity index (χ1v) is 4.66. The zero-order chi connectivity index (χ0) is 9.80. The van der Waals surface area contributed by atoms with Crippen LogP contribution in [0.25, 0.3) is 11.1 Å². The average molecular weight is 288 g/mol. The summed E-state index contributed by atoms with van der Waals surface area (Å²) in [5.74, 6) is 0. The van der Waals surface area contributed by atoms with Crippen LogP contribution in [0.2, 0.25) is 0 Å². The standard InChI is InChI=1S/C13H12O.CH3.Y/c14-10-12-8-4-5-9-13(12)11-6-2-1-3-7-11;;/h1-9,14H,10H2;1H3;/q;-1;. The molecule has 2 heteroatoms. The Labute approximate surface area is 122 Å². The molecule has 0 fully saturated rings. The van der Waals surface area contributed by atoms with Crippen LogP contribution in [-0.2, 0) is 39.3 Å². The van der Waals surface area contributed by atoms with E-state index in [0.29, 0.717) is 0 Å². The van der Waals surface area contributed by atoms with E-state index in [1.54, 1.807) is 0 Å². The van der Waals surface area contributed by atoms with E-state index in [1.165, 1.54) is 0 Å². The first-order valence-electron chi connectivity index (χ1n) is 4.66. The first kappa shape index (κ1) is 15.5. The molecule has 1 radical (unpaired) electrons. The fraction of sp³-hybridized carbons (Fsp3) is 0.0714. The predicted molar refractivity (Wildman–Crippen MR) is 64.2 cm³/mol. The maximum atomic E-state index is 9.18. The van der Waals surface area contributed by atoms with Crippen LogP contribution in [0.4, 0.5) is 0 Å². The van der Waals surface area contributed by atoms with Crippen LogP contribution < -0.4 is 0 Å². The molecule has 0 atom stereocenters. The molecule has 1 nitrogen and oxygen atoms in total.